The Kier molecular flexibility index (Phi) is 6.99. The van der Waals surface area contributed by atoms with E-state index in [0.29, 0.717) is 17.1 Å². The second-order valence-corrected chi connectivity index (χ2v) is 11.3. The number of ether oxygens (including phenoxy) is 2. The predicted octanol–water partition coefficient (Wildman–Crippen LogP) is 7.49. The standard InChI is InChI=1S/C23H20BrCl3O3/c1-4-19(30-21(28)20-18(22(20,2)3)13-23(25,26)27)14-6-5-7-17(12-14)29-16-10-8-15(24)9-11-16/h1,5-12,18-20H,13H2,2-3H3. The van der Waals surface area contributed by atoms with Crippen molar-refractivity contribution in [3.8, 4) is 23.8 Å². The third kappa shape index (κ3) is 5.65. The number of terminal acetylenes is 1. The Hall–Kier alpha value is -1.38. The van der Waals surface area contributed by atoms with E-state index >= 15 is 0 Å². The number of halogens is 4. The monoisotopic (exact) mass is 528 g/mol. The van der Waals surface area contributed by atoms with E-state index in [1.54, 1.807) is 18.2 Å². The van der Waals surface area contributed by atoms with Crippen LogP contribution in [0.1, 0.15) is 31.9 Å². The molecule has 1 saturated carbocycles. The lowest BCUT2D eigenvalue weighted by molar-refractivity contribution is -0.149. The van der Waals surface area contributed by atoms with E-state index in [1.165, 1.54) is 0 Å². The Morgan fingerprint density at radius 3 is 2.47 bits per heavy atom. The first kappa shape index (κ1) is 23.3. The van der Waals surface area contributed by atoms with Gasteiger partial charge in [-0.3, -0.25) is 4.79 Å². The number of benzene rings is 2. The average Bonchev–Trinajstić information content (AvgIpc) is 3.19. The molecule has 0 aliphatic heterocycles. The van der Waals surface area contributed by atoms with Crippen LogP contribution in [0.3, 0.4) is 0 Å². The molecule has 0 spiro atoms. The van der Waals surface area contributed by atoms with E-state index in [2.05, 4.69) is 21.9 Å². The van der Waals surface area contributed by atoms with Crippen LogP contribution in [0.25, 0.3) is 0 Å². The lowest BCUT2D eigenvalue weighted by Gasteiger charge is -2.15. The molecule has 0 heterocycles. The van der Waals surface area contributed by atoms with Gasteiger partial charge < -0.3 is 9.47 Å². The number of carbonyl (C=O) groups is 1. The molecule has 1 aliphatic carbocycles. The smallest absolute Gasteiger partial charge is 0.311 e. The second kappa shape index (κ2) is 9.01. The molecule has 30 heavy (non-hydrogen) atoms. The summed E-state index contributed by atoms with van der Waals surface area (Å²) in [5.41, 5.74) is 0.337. The average molecular weight is 531 g/mol. The molecule has 3 rings (SSSR count). The molecular weight excluding hydrogens is 511 g/mol. The highest BCUT2D eigenvalue weighted by atomic mass is 79.9. The van der Waals surface area contributed by atoms with Crippen LogP contribution in [0.15, 0.2) is 53.0 Å². The summed E-state index contributed by atoms with van der Waals surface area (Å²) < 4.78 is 11.1. The highest BCUT2D eigenvalue weighted by Gasteiger charge is 2.64. The molecule has 1 aliphatic rings. The van der Waals surface area contributed by atoms with Crippen LogP contribution in [0.2, 0.25) is 0 Å². The Morgan fingerprint density at radius 2 is 1.87 bits per heavy atom. The topological polar surface area (TPSA) is 35.5 Å². The summed E-state index contributed by atoms with van der Waals surface area (Å²) in [6.07, 6.45) is 5.10. The molecule has 0 radical (unpaired) electrons. The van der Waals surface area contributed by atoms with Crippen molar-refractivity contribution in [3.05, 3.63) is 58.6 Å². The zero-order chi connectivity index (χ0) is 22.1. The van der Waals surface area contributed by atoms with Crippen molar-refractivity contribution in [2.24, 2.45) is 17.3 Å². The van der Waals surface area contributed by atoms with Gasteiger partial charge >= 0.3 is 5.97 Å². The minimum absolute atomic E-state index is 0.0806. The van der Waals surface area contributed by atoms with Crippen molar-refractivity contribution in [1.82, 2.24) is 0 Å². The van der Waals surface area contributed by atoms with E-state index in [9.17, 15) is 4.79 Å². The zero-order valence-electron chi connectivity index (χ0n) is 16.4. The minimum Gasteiger partial charge on any atom is -0.457 e. The quantitative estimate of drug-likeness (QED) is 0.221. The fourth-order valence-corrected chi connectivity index (χ4v) is 4.37. The van der Waals surface area contributed by atoms with E-state index in [1.807, 2.05) is 44.2 Å². The van der Waals surface area contributed by atoms with Crippen LogP contribution < -0.4 is 4.74 Å². The number of esters is 1. The van der Waals surface area contributed by atoms with E-state index < -0.39 is 9.90 Å². The molecule has 0 N–H and O–H groups in total. The van der Waals surface area contributed by atoms with Crippen LogP contribution >= 0.6 is 50.7 Å². The molecule has 3 atom stereocenters. The number of rotatable bonds is 6. The van der Waals surface area contributed by atoms with Crippen molar-refractivity contribution < 1.29 is 14.3 Å². The molecule has 7 heteroatoms. The molecular formula is C23H20BrCl3O3. The van der Waals surface area contributed by atoms with Gasteiger partial charge in [-0.15, -0.1) is 6.42 Å². The van der Waals surface area contributed by atoms with Gasteiger partial charge in [-0.25, -0.2) is 0 Å². The SMILES string of the molecule is C#CC(OC(=O)C1C(CC(Cl)(Cl)Cl)C1(C)C)c1cccc(Oc2ccc(Br)cc2)c1. The van der Waals surface area contributed by atoms with Gasteiger partial charge in [0.25, 0.3) is 0 Å². The number of hydrogen-bond acceptors (Lipinski definition) is 3. The molecule has 2 aromatic carbocycles. The van der Waals surface area contributed by atoms with Crippen LogP contribution in [0.4, 0.5) is 0 Å². The van der Waals surface area contributed by atoms with Gasteiger partial charge in [0.05, 0.1) is 5.92 Å². The first-order chi connectivity index (χ1) is 14.0. The zero-order valence-corrected chi connectivity index (χ0v) is 20.2. The minimum atomic E-state index is -1.42. The molecule has 2 aromatic rings. The van der Waals surface area contributed by atoms with Crippen LogP contribution in [0.5, 0.6) is 11.5 Å². The third-order valence-corrected chi connectivity index (χ3v) is 6.34. The van der Waals surface area contributed by atoms with Gasteiger partial charge in [-0.2, -0.15) is 0 Å². The predicted molar refractivity (Wildman–Crippen MR) is 124 cm³/mol. The van der Waals surface area contributed by atoms with E-state index in [0.717, 1.165) is 4.47 Å². The normalized spacial score (nSPS) is 20.7. The van der Waals surface area contributed by atoms with Crippen molar-refractivity contribution in [1.29, 1.82) is 0 Å². The Bertz CT molecular complexity index is 961. The van der Waals surface area contributed by atoms with Gasteiger partial charge in [0.1, 0.15) is 11.5 Å². The van der Waals surface area contributed by atoms with E-state index in [4.69, 9.17) is 50.7 Å². The largest absolute Gasteiger partial charge is 0.457 e. The van der Waals surface area contributed by atoms with Crippen molar-refractivity contribution in [3.63, 3.8) is 0 Å². The Morgan fingerprint density at radius 1 is 1.20 bits per heavy atom. The molecule has 3 unspecified atom stereocenters. The highest BCUT2D eigenvalue weighted by molar-refractivity contribution is 9.10. The van der Waals surface area contributed by atoms with E-state index in [-0.39, 0.29) is 29.6 Å². The molecule has 0 saturated heterocycles. The second-order valence-electron chi connectivity index (χ2n) is 7.84. The summed E-state index contributed by atoms with van der Waals surface area (Å²) in [4.78, 5) is 12.8. The van der Waals surface area contributed by atoms with Crippen molar-refractivity contribution in [2.45, 2.75) is 30.2 Å². The Balaban J connectivity index is 1.70. The Labute approximate surface area is 200 Å². The van der Waals surface area contributed by atoms with Crippen LogP contribution in [-0.2, 0) is 9.53 Å². The molecule has 0 aromatic heterocycles. The lowest BCUT2D eigenvalue weighted by atomic mass is 10.1. The number of hydrogen-bond donors (Lipinski definition) is 0. The van der Waals surface area contributed by atoms with Gasteiger partial charge in [-0.1, -0.05) is 82.6 Å². The summed E-state index contributed by atoms with van der Waals surface area (Å²) in [7, 11) is 0. The van der Waals surface area contributed by atoms with Crippen molar-refractivity contribution in [2.75, 3.05) is 0 Å². The van der Waals surface area contributed by atoms with Gasteiger partial charge in [-0.05, 0) is 54.2 Å². The first-order valence-electron chi connectivity index (χ1n) is 9.28. The lowest BCUT2D eigenvalue weighted by Crippen LogP contribution is -2.15. The van der Waals surface area contributed by atoms with Crippen molar-refractivity contribution >= 4 is 56.7 Å². The first-order valence-corrected chi connectivity index (χ1v) is 11.2. The maximum absolute atomic E-state index is 12.8. The molecule has 0 amide bonds. The summed E-state index contributed by atoms with van der Waals surface area (Å²) in [5.74, 6) is 2.97. The fraction of sp³-hybridized carbons (Fsp3) is 0.348. The highest BCUT2D eigenvalue weighted by Crippen LogP contribution is 2.63. The molecule has 158 valence electrons. The summed E-state index contributed by atoms with van der Waals surface area (Å²) in [5, 5.41) is 0. The summed E-state index contributed by atoms with van der Waals surface area (Å²) in [6, 6.07) is 14.6. The molecule has 3 nitrogen and oxygen atoms in total. The van der Waals surface area contributed by atoms with Gasteiger partial charge in [0.15, 0.2) is 9.90 Å². The maximum atomic E-state index is 12.8. The van der Waals surface area contributed by atoms with Crippen LogP contribution in [-0.4, -0.2) is 9.76 Å². The molecule has 0 bridgehead atoms. The summed E-state index contributed by atoms with van der Waals surface area (Å²) >= 11 is 21.1. The molecule has 1 fully saturated rings. The van der Waals surface area contributed by atoms with Crippen LogP contribution in [0, 0.1) is 29.6 Å². The maximum Gasteiger partial charge on any atom is 0.311 e. The summed E-state index contributed by atoms with van der Waals surface area (Å²) in [6.45, 7) is 3.91. The third-order valence-electron chi connectivity index (χ3n) is 5.35. The van der Waals surface area contributed by atoms with Gasteiger partial charge in [0.2, 0.25) is 0 Å². The number of carbonyl (C=O) groups excluding carboxylic acids is 1. The number of alkyl halides is 3. The van der Waals surface area contributed by atoms with Gasteiger partial charge in [0, 0.05) is 10.0 Å². The fourth-order valence-electron chi connectivity index (χ4n) is 3.61.